The molecule has 0 spiro atoms. The highest BCUT2D eigenvalue weighted by molar-refractivity contribution is 5.95. The maximum absolute atomic E-state index is 12.5. The van der Waals surface area contributed by atoms with Crippen LogP contribution in [0.2, 0.25) is 0 Å². The van der Waals surface area contributed by atoms with Gasteiger partial charge in [-0.05, 0) is 25.8 Å². The minimum atomic E-state index is -0.533. The van der Waals surface area contributed by atoms with Gasteiger partial charge in [0.05, 0.1) is 17.4 Å². The van der Waals surface area contributed by atoms with Gasteiger partial charge in [0, 0.05) is 30.8 Å². The van der Waals surface area contributed by atoms with Crippen molar-refractivity contribution < 1.29 is 19.2 Å². The highest BCUT2D eigenvalue weighted by Gasteiger charge is 2.30. The van der Waals surface area contributed by atoms with Crippen LogP contribution in [0.25, 0.3) is 0 Å². The molecule has 1 amide bonds. The molecule has 7 heteroatoms. The van der Waals surface area contributed by atoms with Gasteiger partial charge in [-0.1, -0.05) is 6.07 Å². The fraction of sp³-hybridized carbons (Fsp3) is 0.467. The van der Waals surface area contributed by atoms with Crippen molar-refractivity contribution in [3.05, 3.63) is 39.9 Å². The van der Waals surface area contributed by atoms with Gasteiger partial charge in [0.1, 0.15) is 0 Å². The number of rotatable bonds is 4. The number of carbonyl (C=O) groups excluding carboxylic acids is 2. The SMILES string of the molecule is CCOC(=O)C1CCCN(C(=O)c2cccc([N+](=O)[O-])c2)C1. The molecular weight excluding hydrogens is 288 g/mol. The van der Waals surface area contributed by atoms with Gasteiger partial charge in [0.15, 0.2) is 0 Å². The van der Waals surface area contributed by atoms with E-state index in [0.29, 0.717) is 32.5 Å². The Morgan fingerprint density at radius 2 is 2.23 bits per heavy atom. The molecule has 1 aliphatic heterocycles. The topological polar surface area (TPSA) is 89.8 Å². The molecule has 118 valence electrons. The molecule has 1 aromatic carbocycles. The van der Waals surface area contributed by atoms with Gasteiger partial charge >= 0.3 is 5.97 Å². The molecule has 7 nitrogen and oxygen atoms in total. The van der Waals surface area contributed by atoms with E-state index in [4.69, 9.17) is 4.74 Å². The van der Waals surface area contributed by atoms with Gasteiger partial charge in [-0.3, -0.25) is 19.7 Å². The van der Waals surface area contributed by atoms with E-state index in [0.717, 1.165) is 0 Å². The Labute approximate surface area is 128 Å². The van der Waals surface area contributed by atoms with E-state index >= 15 is 0 Å². The third-order valence-corrected chi connectivity index (χ3v) is 3.63. The first-order chi connectivity index (χ1) is 10.5. The maximum Gasteiger partial charge on any atom is 0.310 e. The number of nitrogens with zero attached hydrogens (tertiary/aromatic N) is 2. The predicted molar refractivity (Wildman–Crippen MR) is 78.4 cm³/mol. The summed E-state index contributed by atoms with van der Waals surface area (Å²) in [5.74, 6) is -0.909. The Morgan fingerprint density at radius 3 is 2.91 bits per heavy atom. The summed E-state index contributed by atoms with van der Waals surface area (Å²) in [5, 5.41) is 10.8. The average Bonchev–Trinajstić information content (AvgIpc) is 2.54. The second-order valence-electron chi connectivity index (χ2n) is 5.15. The number of hydrogen-bond acceptors (Lipinski definition) is 5. The fourth-order valence-electron chi connectivity index (χ4n) is 2.55. The smallest absolute Gasteiger partial charge is 0.310 e. The first-order valence-electron chi connectivity index (χ1n) is 7.23. The molecule has 0 radical (unpaired) electrons. The quantitative estimate of drug-likeness (QED) is 0.482. The zero-order valence-corrected chi connectivity index (χ0v) is 12.4. The second-order valence-corrected chi connectivity index (χ2v) is 5.15. The highest BCUT2D eigenvalue weighted by atomic mass is 16.6. The van der Waals surface area contributed by atoms with Gasteiger partial charge < -0.3 is 9.64 Å². The summed E-state index contributed by atoms with van der Waals surface area (Å²) in [6.45, 7) is 2.89. The van der Waals surface area contributed by atoms with Crippen molar-refractivity contribution in [1.82, 2.24) is 4.90 Å². The summed E-state index contributed by atoms with van der Waals surface area (Å²) in [7, 11) is 0. The first kappa shape index (κ1) is 15.9. The van der Waals surface area contributed by atoms with Crippen molar-refractivity contribution >= 4 is 17.6 Å². The summed E-state index contributed by atoms with van der Waals surface area (Å²) in [6, 6.07) is 5.63. The minimum Gasteiger partial charge on any atom is -0.466 e. The molecule has 0 N–H and O–H groups in total. The number of piperidine rings is 1. The van der Waals surface area contributed by atoms with Crippen molar-refractivity contribution in [3.8, 4) is 0 Å². The normalized spacial score (nSPS) is 17.9. The predicted octanol–water partition coefficient (Wildman–Crippen LogP) is 2.01. The Hall–Kier alpha value is -2.44. The van der Waals surface area contributed by atoms with Crippen molar-refractivity contribution in [2.75, 3.05) is 19.7 Å². The highest BCUT2D eigenvalue weighted by Crippen LogP contribution is 2.21. The lowest BCUT2D eigenvalue weighted by molar-refractivity contribution is -0.384. The summed E-state index contributed by atoms with van der Waals surface area (Å²) in [5.41, 5.74) is 0.142. The molecule has 0 aliphatic carbocycles. The summed E-state index contributed by atoms with van der Waals surface area (Å²) in [4.78, 5) is 36.1. The van der Waals surface area contributed by atoms with E-state index in [9.17, 15) is 19.7 Å². The van der Waals surface area contributed by atoms with E-state index in [2.05, 4.69) is 0 Å². The number of hydrogen-bond donors (Lipinski definition) is 0. The molecule has 1 aromatic rings. The van der Waals surface area contributed by atoms with Gasteiger partial charge in [-0.15, -0.1) is 0 Å². The fourth-order valence-corrected chi connectivity index (χ4v) is 2.55. The van der Waals surface area contributed by atoms with Crippen LogP contribution in [-0.4, -0.2) is 41.4 Å². The maximum atomic E-state index is 12.5. The van der Waals surface area contributed by atoms with E-state index in [1.165, 1.54) is 18.2 Å². The summed E-state index contributed by atoms with van der Waals surface area (Å²) >= 11 is 0. The number of carbonyl (C=O) groups is 2. The number of non-ortho nitro benzene ring substituents is 1. The van der Waals surface area contributed by atoms with E-state index in [1.54, 1.807) is 17.9 Å². The largest absolute Gasteiger partial charge is 0.466 e. The lowest BCUT2D eigenvalue weighted by Gasteiger charge is -2.31. The van der Waals surface area contributed by atoms with Crippen LogP contribution in [0.15, 0.2) is 24.3 Å². The first-order valence-corrected chi connectivity index (χ1v) is 7.23. The number of nitro benzene ring substituents is 1. The molecular formula is C15H18N2O5. The monoisotopic (exact) mass is 306 g/mol. The molecule has 1 atom stereocenters. The van der Waals surface area contributed by atoms with Gasteiger partial charge in [0.25, 0.3) is 11.6 Å². The number of amides is 1. The summed E-state index contributed by atoms with van der Waals surface area (Å²) in [6.07, 6.45) is 1.40. The Kier molecular flexibility index (Phi) is 5.08. The molecule has 2 rings (SSSR count). The van der Waals surface area contributed by atoms with Crippen LogP contribution in [0.3, 0.4) is 0 Å². The number of benzene rings is 1. The standard InChI is InChI=1S/C15H18N2O5/c1-2-22-15(19)12-6-4-8-16(10-12)14(18)11-5-3-7-13(9-11)17(20)21/h3,5,7,9,12H,2,4,6,8,10H2,1H3. The third-order valence-electron chi connectivity index (χ3n) is 3.63. The zero-order chi connectivity index (χ0) is 16.1. The summed E-state index contributed by atoms with van der Waals surface area (Å²) < 4.78 is 5.00. The van der Waals surface area contributed by atoms with Crippen LogP contribution in [0.4, 0.5) is 5.69 Å². The van der Waals surface area contributed by atoms with E-state index in [1.807, 2.05) is 0 Å². The lowest BCUT2D eigenvalue weighted by Crippen LogP contribution is -2.42. The van der Waals surface area contributed by atoms with Crippen LogP contribution >= 0.6 is 0 Å². The van der Waals surface area contributed by atoms with Gasteiger partial charge in [-0.25, -0.2) is 0 Å². The molecule has 22 heavy (non-hydrogen) atoms. The third kappa shape index (κ3) is 3.60. The Morgan fingerprint density at radius 1 is 1.45 bits per heavy atom. The van der Waals surface area contributed by atoms with Crippen LogP contribution in [0.1, 0.15) is 30.1 Å². The number of nitro groups is 1. The van der Waals surface area contributed by atoms with Crippen molar-refractivity contribution in [3.63, 3.8) is 0 Å². The molecule has 0 aromatic heterocycles. The van der Waals surface area contributed by atoms with Crippen LogP contribution in [0, 0.1) is 16.0 Å². The molecule has 0 saturated carbocycles. The average molecular weight is 306 g/mol. The van der Waals surface area contributed by atoms with E-state index in [-0.39, 0.29) is 29.0 Å². The molecule has 1 heterocycles. The molecule has 1 saturated heterocycles. The van der Waals surface area contributed by atoms with Crippen LogP contribution in [-0.2, 0) is 9.53 Å². The molecule has 1 fully saturated rings. The van der Waals surface area contributed by atoms with E-state index < -0.39 is 4.92 Å². The minimum absolute atomic E-state index is 0.121. The lowest BCUT2D eigenvalue weighted by atomic mass is 9.97. The Balaban J connectivity index is 2.10. The molecule has 1 aliphatic rings. The number of esters is 1. The van der Waals surface area contributed by atoms with Crippen LogP contribution < -0.4 is 0 Å². The van der Waals surface area contributed by atoms with Gasteiger partial charge in [0.2, 0.25) is 0 Å². The second kappa shape index (κ2) is 7.02. The Bertz CT molecular complexity index is 587. The van der Waals surface area contributed by atoms with Crippen LogP contribution in [0.5, 0.6) is 0 Å². The van der Waals surface area contributed by atoms with Gasteiger partial charge in [-0.2, -0.15) is 0 Å². The number of ether oxygens (including phenoxy) is 1. The number of likely N-dealkylation sites (tertiary alicyclic amines) is 1. The molecule has 1 unspecified atom stereocenters. The molecule has 0 bridgehead atoms. The zero-order valence-electron chi connectivity index (χ0n) is 12.4. The van der Waals surface area contributed by atoms with Crippen molar-refractivity contribution in [2.45, 2.75) is 19.8 Å². The van der Waals surface area contributed by atoms with Crippen molar-refractivity contribution in [1.29, 1.82) is 0 Å². The van der Waals surface area contributed by atoms with Crippen molar-refractivity contribution in [2.24, 2.45) is 5.92 Å².